The minimum Gasteiger partial charge on any atom is -0.492 e. The van der Waals surface area contributed by atoms with E-state index in [2.05, 4.69) is 10.3 Å². The summed E-state index contributed by atoms with van der Waals surface area (Å²) in [6.45, 7) is 2.40. The standard InChI is InChI=1S/C19H23N5O4S/c1-5-28-13-9-7-6-8-12(13)20-14(25)10-11-29-18-21-15-16(22(18)2)23(3)19(27)24(4)17(15)26/h6-9H,5,10-11H2,1-4H3,(H,20,25). The van der Waals surface area contributed by atoms with Crippen molar-refractivity contribution in [3.63, 3.8) is 0 Å². The third-order valence-corrected chi connectivity index (χ3v) is 5.48. The second-order valence-electron chi connectivity index (χ2n) is 6.41. The van der Waals surface area contributed by atoms with Gasteiger partial charge in [-0.1, -0.05) is 23.9 Å². The van der Waals surface area contributed by atoms with E-state index in [4.69, 9.17) is 4.74 Å². The first-order chi connectivity index (χ1) is 13.8. The van der Waals surface area contributed by atoms with Crippen molar-refractivity contribution in [2.45, 2.75) is 18.5 Å². The summed E-state index contributed by atoms with van der Waals surface area (Å²) in [5, 5.41) is 3.42. The Morgan fingerprint density at radius 2 is 1.86 bits per heavy atom. The van der Waals surface area contributed by atoms with Crippen LogP contribution in [0.25, 0.3) is 11.2 Å². The molecule has 0 aliphatic rings. The molecule has 9 nitrogen and oxygen atoms in total. The molecule has 0 unspecified atom stereocenters. The second-order valence-corrected chi connectivity index (χ2v) is 7.47. The molecular formula is C19H23N5O4S. The van der Waals surface area contributed by atoms with Crippen molar-refractivity contribution in [2.24, 2.45) is 21.1 Å². The minimum absolute atomic E-state index is 0.147. The molecule has 3 aromatic rings. The first-order valence-corrected chi connectivity index (χ1v) is 10.1. The molecule has 0 bridgehead atoms. The predicted octanol–water partition coefficient (Wildman–Crippen LogP) is 1.49. The maximum Gasteiger partial charge on any atom is 0.332 e. The van der Waals surface area contributed by atoms with Crippen LogP contribution in [0.3, 0.4) is 0 Å². The van der Waals surface area contributed by atoms with Crippen LogP contribution in [0.2, 0.25) is 0 Å². The lowest BCUT2D eigenvalue weighted by molar-refractivity contribution is -0.115. The Kier molecular flexibility index (Phi) is 6.12. The maximum atomic E-state index is 12.3. The van der Waals surface area contributed by atoms with Crippen LogP contribution in [0.1, 0.15) is 13.3 Å². The van der Waals surface area contributed by atoms with Crippen molar-refractivity contribution >= 4 is 34.5 Å². The molecule has 1 N–H and O–H groups in total. The fourth-order valence-corrected chi connectivity index (χ4v) is 3.89. The van der Waals surface area contributed by atoms with Gasteiger partial charge in [-0.2, -0.15) is 0 Å². The van der Waals surface area contributed by atoms with E-state index in [0.717, 1.165) is 4.57 Å². The highest BCUT2D eigenvalue weighted by Crippen LogP contribution is 2.25. The van der Waals surface area contributed by atoms with E-state index in [0.29, 0.717) is 34.6 Å². The van der Waals surface area contributed by atoms with Gasteiger partial charge in [-0.05, 0) is 19.1 Å². The molecule has 0 aliphatic heterocycles. The lowest BCUT2D eigenvalue weighted by Crippen LogP contribution is -2.37. The van der Waals surface area contributed by atoms with Crippen molar-refractivity contribution in [3.8, 4) is 5.75 Å². The summed E-state index contributed by atoms with van der Waals surface area (Å²) >= 11 is 1.35. The van der Waals surface area contributed by atoms with Crippen molar-refractivity contribution in [1.29, 1.82) is 0 Å². The van der Waals surface area contributed by atoms with Gasteiger partial charge in [0.2, 0.25) is 5.91 Å². The summed E-state index contributed by atoms with van der Waals surface area (Å²) in [6, 6.07) is 7.27. The lowest BCUT2D eigenvalue weighted by Gasteiger charge is -2.11. The molecule has 2 heterocycles. The van der Waals surface area contributed by atoms with E-state index in [1.54, 1.807) is 30.8 Å². The number of thioether (sulfide) groups is 1. The molecular weight excluding hydrogens is 394 g/mol. The Morgan fingerprint density at radius 1 is 1.14 bits per heavy atom. The van der Waals surface area contributed by atoms with E-state index < -0.39 is 11.2 Å². The number of nitrogens with zero attached hydrogens (tertiary/aromatic N) is 4. The normalized spacial score (nSPS) is 11.0. The molecule has 0 atom stereocenters. The van der Waals surface area contributed by atoms with E-state index in [9.17, 15) is 14.4 Å². The summed E-state index contributed by atoms with van der Waals surface area (Å²) in [5.41, 5.74) is 0.473. The van der Waals surface area contributed by atoms with Gasteiger partial charge in [0.15, 0.2) is 16.3 Å². The number of aromatic nitrogens is 4. The number of aryl methyl sites for hydroxylation is 2. The summed E-state index contributed by atoms with van der Waals surface area (Å²) in [5.74, 6) is 0.948. The van der Waals surface area contributed by atoms with Gasteiger partial charge in [0.25, 0.3) is 5.56 Å². The van der Waals surface area contributed by atoms with Crippen LogP contribution in [0.4, 0.5) is 5.69 Å². The number of carbonyl (C=O) groups is 1. The molecule has 154 valence electrons. The Hall–Kier alpha value is -3.01. The first-order valence-electron chi connectivity index (χ1n) is 9.12. The van der Waals surface area contributed by atoms with Gasteiger partial charge in [-0.3, -0.25) is 18.7 Å². The Bertz CT molecular complexity index is 1180. The third-order valence-electron chi connectivity index (χ3n) is 4.44. The molecule has 0 spiro atoms. The molecule has 29 heavy (non-hydrogen) atoms. The molecule has 1 aromatic carbocycles. The fourth-order valence-electron chi connectivity index (χ4n) is 2.99. The maximum absolute atomic E-state index is 12.3. The number of nitrogens with one attached hydrogen (secondary N) is 1. The summed E-state index contributed by atoms with van der Waals surface area (Å²) < 4.78 is 9.64. The minimum atomic E-state index is -0.434. The zero-order chi connectivity index (χ0) is 21.1. The van der Waals surface area contributed by atoms with Crippen LogP contribution in [0.5, 0.6) is 5.75 Å². The van der Waals surface area contributed by atoms with Crippen molar-refractivity contribution in [3.05, 3.63) is 45.1 Å². The molecule has 2 aromatic heterocycles. The largest absolute Gasteiger partial charge is 0.492 e. The van der Waals surface area contributed by atoms with Gasteiger partial charge in [0.05, 0.1) is 12.3 Å². The van der Waals surface area contributed by atoms with Crippen LogP contribution >= 0.6 is 11.8 Å². The van der Waals surface area contributed by atoms with Gasteiger partial charge < -0.3 is 14.6 Å². The number of hydrogen-bond acceptors (Lipinski definition) is 6. The van der Waals surface area contributed by atoms with Crippen LogP contribution in [0.15, 0.2) is 39.0 Å². The van der Waals surface area contributed by atoms with Gasteiger partial charge in [-0.25, -0.2) is 9.78 Å². The Morgan fingerprint density at radius 3 is 2.59 bits per heavy atom. The zero-order valence-electron chi connectivity index (χ0n) is 16.8. The number of amides is 1. The average Bonchev–Trinajstić information content (AvgIpc) is 3.03. The highest BCUT2D eigenvalue weighted by Gasteiger charge is 2.17. The molecule has 0 radical (unpaired) electrons. The Balaban J connectivity index is 1.71. The van der Waals surface area contributed by atoms with E-state index in [1.807, 2.05) is 19.1 Å². The first kappa shape index (κ1) is 20.7. The number of benzene rings is 1. The third kappa shape index (κ3) is 4.07. The molecule has 0 saturated carbocycles. The van der Waals surface area contributed by atoms with E-state index in [1.165, 1.54) is 23.4 Å². The van der Waals surface area contributed by atoms with E-state index in [-0.39, 0.29) is 17.8 Å². The highest BCUT2D eigenvalue weighted by molar-refractivity contribution is 7.99. The number of imidazole rings is 1. The van der Waals surface area contributed by atoms with Gasteiger partial charge in [0.1, 0.15) is 5.75 Å². The van der Waals surface area contributed by atoms with Crippen molar-refractivity contribution in [2.75, 3.05) is 17.7 Å². The summed E-state index contributed by atoms with van der Waals surface area (Å²) in [6.07, 6.45) is 0.255. The second kappa shape index (κ2) is 8.56. The van der Waals surface area contributed by atoms with E-state index >= 15 is 0 Å². The zero-order valence-corrected chi connectivity index (χ0v) is 17.6. The number of rotatable bonds is 7. The van der Waals surface area contributed by atoms with Crippen LogP contribution in [-0.4, -0.2) is 37.0 Å². The van der Waals surface area contributed by atoms with Crippen LogP contribution < -0.4 is 21.3 Å². The number of fused-ring (bicyclic) bond motifs is 1. The topological polar surface area (TPSA) is 100 Å². The average molecular weight is 417 g/mol. The monoisotopic (exact) mass is 417 g/mol. The molecule has 3 rings (SSSR count). The number of ether oxygens (including phenoxy) is 1. The molecule has 0 aliphatic carbocycles. The molecule has 10 heteroatoms. The fraction of sp³-hybridized carbons (Fsp3) is 0.368. The lowest BCUT2D eigenvalue weighted by atomic mass is 10.3. The molecule has 1 amide bonds. The van der Waals surface area contributed by atoms with Gasteiger partial charge in [0, 0.05) is 33.3 Å². The predicted molar refractivity (Wildman–Crippen MR) is 113 cm³/mol. The van der Waals surface area contributed by atoms with Gasteiger partial charge in [-0.15, -0.1) is 0 Å². The smallest absolute Gasteiger partial charge is 0.332 e. The highest BCUT2D eigenvalue weighted by atomic mass is 32.2. The SMILES string of the molecule is CCOc1ccccc1NC(=O)CCSc1nc2c(=O)n(C)c(=O)n(C)c2n1C. The number of para-hydroxylation sites is 2. The number of hydrogen-bond donors (Lipinski definition) is 1. The van der Waals surface area contributed by atoms with Crippen molar-refractivity contribution in [1.82, 2.24) is 18.7 Å². The van der Waals surface area contributed by atoms with Gasteiger partial charge >= 0.3 is 5.69 Å². The molecule has 0 saturated heterocycles. The summed E-state index contributed by atoms with van der Waals surface area (Å²) in [4.78, 5) is 41.1. The number of anilines is 1. The summed E-state index contributed by atoms with van der Waals surface area (Å²) in [7, 11) is 4.77. The molecule has 0 fully saturated rings. The number of carbonyl (C=O) groups excluding carboxylic acids is 1. The van der Waals surface area contributed by atoms with Crippen LogP contribution in [-0.2, 0) is 25.9 Å². The van der Waals surface area contributed by atoms with Crippen molar-refractivity contribution < 1.29 is 9.53 Å². The Labute approximate surface area is 171 Å². The van der Waals surface area contributed by atoms with Crippen LogP contribution in [0, 0.1) is 0 Å². The quantitative estimate of drug-likeness (QED) is 0.585.